The molecule has 0 aliphatic rings. The molecule has 1 atom stereocenters. The monoisotopic (exact) mass is 235 g/mol. The summed E-state index contributed by atoms with van der Waals surface area (Å²) in [5.41, 5.74) is 6.97. The van der Waals surface area contributed by atoms with Gasteiger partial charge in [-0.05, 0) is 57.4 Å². The van der Waals surface area contributed by atoms with E-state index >= 15 is 0 Å². The molecule has 0 amide bonds. The lowest BCUT2D eigenvalue weighted by atomic mass is 9.95. The molecule has 0 bridgehead atoms. The highest BCUT2D eigenvalue weighted by molar-refractivity contribution is 5.30. The zero-order chi connectivity index (χ0) is 12.9. The van der Waals surface area contributed by atoms with E-state index in [4.69, 9.17) is 10.5 Å². The standard InChI is InChI=1S/C15H25NO/c1-5-6-13(11-16)12-7-9-14(10-8-12)17-15(2,3)4/h7-10,13H,5-6,11,16H2,1-4H3. The van der Waals surface area contributed by atoms with E-state index in [2.05, 4.69) is 39.8 Å². The third-order valence-electron chi connectivity index (χ3n) is 2.70. The summed E-state index contributed by atoms with van der Waals surface area (Å²) in [5, 5.41) is 0. The number of benzene rings is 1. The van der Waals surface area contributed by atoms with Gasteiger partial charge in [-0.15, -0.1) is 0 Å². The molecule has 0 saturated heterocycles. The van der Waals surface area contributed by atoms with E-state index in [0.717, 1.165) is 12.2 Å². The normalized spacial score (nSPS) is 13.5. The molecule has 1 unspecified atom stereocenters. The van der Waals surface area contributed by atoms with Crippen molar-refractivity contribution in [1.82, 2.24) is 0 Å². The van der Waals surface area contributed by atoms with E-state index in [1.165, 1.54) is 12.0 Å². The van der Waals surface area contributed by atoms with Crippen molar-refractivity contribution in [1.29, 1.82) is 0 Å². The SMILES string of the molecule is CCCC(CN)c1ccc(OC(C)(C)C)cc1. The minimum Gasteiger partial charge on any atom is -0.488 e. The van der Waals surface area contributed by atoms with Crippen LogP contribution in [0.4, 0.5) is 0 Å². The highest BCUT2D eigenvalue weighted by Gasteiger charge is 2.13. The second-order valence-electron chi connectivity index (χ2n) is 5.50. The van der Waals surface area contributed by atoms with Crippen LogP contribution < -0.4 is 10.5 Å². The summed E-state index contributed by atoms with van der Waals surface area (Å²) in [4.78, 5) is 0. The third kappa shape index (κ3) is 4.78. The number of ether oxygens (including phenoxy) is 1. The van der Waals surface area contributed by atoms with Gasteiger partial charge in [-0.3, -0.25) is 0 Å². The molecular formula is C15H25NO. The lowest BCUT2D eigenvalue weighted by Gasteiger charge is -2.22. The molecule has 0 aromatic heterocycles. The molecule has 1 aromatic carbocycles. The molecule has 17 heavy (non-hydrogen) atoms. The maximum Gasteiger partial charge on any atom is 0.120 e. The molecule has 0 spiro atoms. The van der Waals surface area contributed by atoms with Crippen LogP contribution in [0, 0.1) is 0 Å². The lowest BCUT2D eigenvalue weighted by molar-refractivity contribution is 0.131. The predicted molar refractivity (Wildman–Crippen MR) is 73.5 cm³/mol. The smallest absolute Gasteiger partial charge is 0.120 e. The Labute approximate surface area is 105 Å². The van der Waals surface area contributed by atoms with Gasteiger partial charge in [0.25, 0.3) is 0 Å². The summed E-state index contributed by atoms with van der Waals surface area (Å²) in [6.45, 7) is 9.08. The van der Waals surface area contributed by atoms with Gasteiger partial charge >= 0.3 is 0 Å². The summed E-state index contributed by atoms with van der Waals surface area (Å²) < 4.78 is 5.80. The van der Waals surface area contributed by atoms with Gasteiger partial charge in [-0.1, -0.05) is 25.5 Å². The van der Waals surface area contributed by atoms with E-state index in [1.807, 2.05) is 12.1 Å². The van der Waals surface area contributed by atoms with Crippen molar-refractivity contribution in [2.24, 2.45) is 5.73 Å². The summed E-state index contributed by atoms with van der Waals surface area (Å²) >= 11 is 0. The van der Waals surface area contributed by atoms with Crippen LogP contribution in [0.3, 0.4) is 0 Å². The number of hydrogen-bond donors (Lipinski definition) is 1. The first kappa shape index (κ1) is 14.0. The Morgan fingerprint density at radius 1 is 1.18 bits per heavy atom. The molecule has 2 heteroatoms. The van der Waals surface area contributed by atoms with Crippen LogP contribution in [-0.2, 0) is 0 Å². The second-order valence-corrected chi connectivity index (χ2v) is 5.50. The number of rotatable bonds is 5. The van der Waals surface area contributed by atoms with Crippen molar-refractivity contribution >= 4 is 0 Å². The number of nitrogens with two attached hydrogens (primary N) is 1. The van der Waals surface area contributed by atoms with Crippen LogP contribution in [0.5, 0.6) is 5.75 Å². The van der Waals surface area contributed by atoms with E-state index in [1.54, 1.807) is 0 Å². The minimum atomic E-state index is -0.141. The summed E-state index contributed by atoms with van der Waals surface area (Å²) in [6.07, 6.45) is 2.32. The summed E-state index contributed by atoms with van der Waals surface area (Å²) in [6, 6.07) is 8.35. The predicted octanol–water partition coefficient (Wildman–Crippen LogP) is 3.71. The molecule has 0 radical (unpaired) electrons. The van der Waals surface area contributed by atoms with Gasteiger partial charge in [0, 0.05) is 0 Å². The Kier molecular flexibility index (Phi) is 5.01. The first-order chi connectivity index (χ1) is 7.96. The van der Waals surface area contributed by atoms with Gasteiger partial charge in [0.2, 0.25) is 0 Å². The molecule has 0 fully saturated rings. The maximum atomic E-state index is 5.80. The number of hydrogen-bond acceptors (Lipinski definition) is 2. The van der Waals surface area contributed by atoms with Crippen molar-refractivity contribution in [3.05, 3.63) is 29.8 Å². The summed E-state index contributed by atoms with van der Waals surface area (Å²) in [5.74, 6) is 1.40. The van der Waals surface area contributed by atoms with E-state index < -0.39 is 0 Å². The van der Waals surface area contributed by atoms with Crippen LogP contribution in [0.1, 0.15) is 52.0 Å². The molecule has 0 aliphatic carbocycles. The van der Waals surface area contributed by atoms with Crippen LogP contribution >= 0.6 is 0 Å². The molecule has 0 heterocycles. The first-order valence-electron chi connectivity index (χ1n) is 6.45. The molecule has 1 aromatic rings. The minimum absolute atomic E-state index is 0.141. The van der Waals surface area contributed by atoms with Crippen LogP contribution in [0.25, 0.3) is 0 Å². The van der Waals surface area contributed by atoms with Crippen molar-refractivity contribution < 1.29 is 4.74 Å². The van der Waals surface area contributed by atoms with Gasteiger partial charge in [0.1, 0.15) is 11.4 Å². The van der Waals surface area contributed by atoms with Crippen molar-refractivity contribution in [2.45, 2.75) is 52.1 Å². The average Bonchev–Trinajstić information content (AvgIpc) is 2.25. The molecule has 0 saturated carbocycles. The fourth-order valence-electron chi connectivity index (χ4n) is 1.93. The highest BCUT2D eigenvalue weighted by atomic mass is 16.5. The first-order valence-corrected chi connectivity index (χ1v) is 6.45. The molecule has 96 valence electrons. The second kappa shape index (κ2) is 6.06. The maximum absolute atomic E-state index is 5.80. The molecule has 2 N–H and O–H groups in total. The van der Waals surface area contributed by atoms with E-state index in [9.17, 15) is 0 Å². The Morgan fingerprint density at radius 3 is 2.18 bits per heavy atom. The third-order valence-corrected chi connectivity index (χ3v) is 2.70. The fourth-order valence-corrected chi connectivity index (χ4v) is 1.93. The van der Waals surface area contributed by atoms with Crippen LogP contribution in [0.2, 0.25) is 0 Å². The lowest BCUT2D eigenvalue weighted by Crippen LogP contribution is -2.22. The van der Waals surface area contributed by atoms with Gasteiger partial charge in [-0.2, -0.15) is 0 Å². The molecule has 2 nitrogen and oxygen atoms in total. The molecule has 0 aliphatic heterocycles. The Hall–Kier alpha value is -1.02. The van der Waals surface area contributed by atoms with Gasteiger partial charge in [0.15, 0.2) is 0 Å². The Balaban J connectivity index is 2.73. The molecule has 1 rings (SSSR count). The van der Waals surface area contributed by atoms with Crippen molar-refractivity contribution in [3.63, 3.8) is 0 Å². The van der Waals surface area contributed by atoms with Gasteiger partial charge < -0.3 is 10.5 Å². The van der Waals surface area contributed by atoms with Crippen molar-refractivity contribution in [2.75, 3.05) is 6.54 Å². The van der Waals surface area contributed by atoms with Gasteiger partial charge in [-0.25, -0.2) is 0 Å². The van der Waals surface area contributed by atoms with Gasteiger partial charge in [0.05, 0.1) is 0 Å². The zero-order valence-corrected chi connectivity index (χ0v) is 11.5. The average molecular weight is 235 g/mol. The Bertz CT molecular complexity index is 324. The largest absolute Gasteiger partial charge is 0.488 e. The van der Waals surface area contributed by atoms with E-state index in [-0.39, 0.29) is 5.60 Å². The quantitative estimate of drug-likeness (QED) is 0.844. The van der Waals surface area contributed by atoms with E-state index in [0.29, 0.717) is 12.5 Å². The van der Waals surface area contributed by atoms with Crippen molar-refractivity contribution in [3.8, 4) is 5.75 Å². The van der Waals surface area contributed by atoms with Crippen LogP contribution in [-0.4, -0.2) is 12.1 Å². The molecular weight excluding hydrogens is 210 g/mol. The Morgan fingerprint density at radius 2 is 1.76 bits per heavy atom. The zero-order valence-electron chi connectivity index (χ0n) is 11.5. The highest BCUT2D eigenvalue weighted by Crippen LogP contribution is 2.24. The van der Waals surface area contributed by atoms with Crippen LogP contribution in [0.15, 0.2) is 24.3 Å². The summed E-state index contributed by atoms with van der Waals surface area (Å²) in [7, 11) is 0. The fraction of sp³-hybridized carbons (Fsp3) is 0.600. The topological polar surface area (TPSA) is 35.2 Å².